The number of rotatable bonds is 4. The molecule has 0 spiro atoms. The van der Waals surface area contributed by atoms with Crippen molar-refractivity contribution in [2.24, 2.45) is 11.7 Å². The highest BCUT2D eigenvalue weighted by Gasteiger charge is 2.18. The minimum atomic E-state index is -0.361. The fourth-order valence-electron chi connectivity index (χ4n) is 1.24. The van der Waals surface area contributed by atoms with Crippen LogP contribution in [0.25, 0.3) is 0 Å². The normalized spacial score (nSPS) is 13.2. The molecule has 0 bridgehead atoms. The number of carbonyl (C=O) groups is 1. The van der Waals surface area contributed by atoms with Crippen LogP contribution in [-0.2, 0) is 0 Å². The van der Waals surface area contributed by atoms with E-state index in [9.17, 15) is 4.79 Å². The lowest BCUT2D eigenvalue weighted by Crippen LogP contribution is -2.31. The van der Waals surface area contributed by atoms with Gasteiger partial charge in [0.1, 0.15) is 0 Å². The minimum absolute atomic E-state index is 0.0504. The standard InChI is InChI=1S/C10H14BrNOS/c1-6(2)5-7(12)10(13)8-3-4-9(11)14-8/h3-4,6-7H,5,12H2,1-2H3. The fraction of sp³-hybridized carbons (Fsp3) is 0.500. The number of halogens is 1. The minimum Gasteiger partial charge on any atom is -0.321 e. The molecule has 0 fully saturated rings. The maximum absolute atomic E-state index is 11.8. The molecule has 2 nitrogen and oxygen atoms in total. The van der Waals surface area contributed by atoms with E-state index in [-0.39, 0.29) is 11.8 Å². The summed E-state index contributed by atoms with van der Waals surface area (Å²) in [5.74, 6) is 0.506. The first-order valence-corrected chi connectivity index (χ1v) is 6.16. The molecule has 14 heavy (non-hydrogen) atoms. The van der Waals surface area contributed by atoms with Crippen LogP contribution in [0, 0.1) is 5.92 Å². The molecule has 1 unspecified atom stereocenters. The Morgan fingerprint density at radius 3 is 2.64 bits per heavy atom. The predicted molar refractivity (Wildman–Crippen MR) is 63.8 cm³/mol. The van der Waals surface area contributed by atoms with Gasteiger partial charge in [0, 0.05) is 0 Å². The van der Waals surface area contributed by atoms with Gasteiger partial charge in [0.25, 0.3) is 0 Å². The molecular weight excluding hydrogens is 262 g/mol. The molecule has 2 N–H and O–H groups in total. The van der Waals surface area contributed by atoms with E-state index in [1.54, 1.807) is 0 Å². The highest BCUT2D eigenvalue weighted by Crippen LogP contribution is 2.23. The van der Waals surface area contributed by atoms with Gasteiger partial charge >= 0.3 is 0 Å². The van der Waals surface area contributed by atoms with Gasteiger partial charge in [0.2, 0.25) is 0 Å². The van der Waals surface area contributed by atoms with E-state index in [4.69, 9.17) is 5.73 Å². The third-order valence-electron chi connectivity index (χ3n) is 1.88. The highest BCUT2D eigenvalue weighted by atomic mass is 79.9. The number of nitrogens with two attached hydrogens (primary N) is 1. The van der Waals surface area contributed by atoms with Crippen molar-refractivity contribution in [2.75, 3.05) is 0 Å². The molecule has 0 aliphatic carbocycles. The van der Waals surface area contributed by atoms with E-state index in [0.717, 1.165) is 15.1 Å². The lowest BCUT2D eigenvalue weighted by molar-refractivity contribution is 0.0955. The second-order valence-electron chi connectivity index (χ2n) is 3.70. The quantitative estimate of drug-likeness (QED) is 0.859. The van der Waals surface area contributed by atoms with Gasteiger partial charge in [-0.1, -0.05) is 13.8 Å². The van der Waals surface area contributed by atoms with Crippen LogP contribution >= 0.6 is 27.3 Å². The smallest absolute Gasteiger partial charge is 0.189 e. The maximum Gasteiger partial charge on any atom is 0.189 e. The molecule has 0 saturated carbocycles. The lowest BCUT2D eigenvalue weighted by Gasteiger charge is -2.11. The third-order valence-corrected chi connectivity index (χ3v) is 3.52. The fourth-order valence-corrected chi connectivity index (χ4v) is 2.63. The first-order chi connectivity index (χ1) is 6.50. The summed E-state index contributed by atoms with van der Waals surface area (Å²) in [6.07, 6.45) is 0.744. The van der Waals surface area contributed by atoms with E-state index in [1.807, 2.05) is 12.1 Å². The van der Waals surface area contributed by atoms with Crippen LogP contribution in [0.5, 0.6) is 0 Å². The number of thiophene rings is 1. The van der Waals surface area contributed by atoms with Crippen molar-refractivity contribution < 1.29 is 4.79 Å². The lowest BCUT2D eigenvalue weighted by atomic mass is 10.0. The zero-order chi connectivity index (χ0) is 10.7. The summed E-state index contributed by atoms with van der Waals surface area (Å²) in [4.78, 5) is 12.5. The van der Waals surface area contributed by atoms with Crippen LogP contribution < -0.4 is 5.73 Å². The number of Topliss-reactive ketones (excluding diaryl/α,β-unsaturated/α-hetero) is 1. The summed E-state index contributed by atoms with van der Waals surface area (Å²) in [5, 5.41) is 0. The van der Waals surface area contributed by atoms with Crippen LogP contribution in [-0.4, -0.2) is 11.8 Å². The summed E-state index contributed by atoms with van der Waals surface area (Å²) in [6.45, 7) is 4.13. The van der Waals surface area contributed by atoms with Gasteiger partial charge in [-0.25, -0.2) is 0 Å². The van der Waals surface area contributed by atoms with Crippen molar-refractivity contribution in [3.8, 4) is 0 Å². The van der Waals surface area contributed by atoms with Gasteiger partial charge in [-0.05, 0) is 40.4 Å². The van der Waals surface area contributed by atoms with Gasteiger partial charge in [0.05, 0.1) is 14.7 Å². The Labute approximate surface area is 96.6 Å². The van der Waals surface area contributed by atoms with Crippen LogP contribution in [0.4, 0.5) is 0 Å². The molecule has 1 atom stereocenters. The van der Waals surface area contributed by atoms with Crippen molar-refractivity contribution in [1.29, 1.82) is 0 Å². The largest absolute Gasteiger partial charge is 0.321 e. The van der Waals surface area contributed by atoms with Crippen LogP contribution in [0.1, 0.15) is 29.9 Å². The molecule has 0 aliphatic rings. The molecule has 0 radical (unpaired) electrons. The second-order valence-corrected chi connectivity index (χ2v) is 6.17. The number of hydrogen-bond acceptors (Lipinski definition) is 3. The Morgan fingerprint density at radius 2 is 2.21 bits per heavy atom. The van der Waals surface area contributed by atoms with Crippen molar-refractivity contribution in [3.63, 3.8) is 0 Å². The third kappa shape index (κ3) is 3.19. The molecule has 0 saturated heterocycles. The van der Waals surface area contributed by atoms with E-state index < -0.39 is 0 Å². The molecule has 0 amide bonds. The molecular formula is C10H14BrNOS. The summed E-state index contributed by atoms with van der Waals surface area (Å²) < 4.78 is 0.970. The molecule has 1 aromatic heterocycles. The summed E-state index contributed by atoms with van der Waals surface area (Å²) in [7, 11) is 0. The second kappa shape index (κ2) is 5.05. The molecule has 1 heterocycles. The Kier molecular flexibility index (Phi) is 4.29. The van der Waals surface area contributed by atoms with Crippen molar-refractivity contribution in [2.45, 2.75) is 26.3 Å². The molecule has 1 rings (SSSR count). The predicted octanol–water partition coefficient (Wildman–Crippen LogP) is 3.07. The van der Waals surface area contributed by atoms with Crippen LogP contribution in [0.3, 0.4) is 0 Å². The molecule has 78 valence electrons. The van der Waals surface area contributed by atoms with Gasteiger partial charge < -0.3 is 5.73 Å². The Morgan fingerprint density at radius 1 is 1.57 bits per heavy atom. The van der Waals surface area contributed by atoms with Crippen molar-refractivity contribution in [1.82, 2.24) is 0 Å². The number of carbonyl (C=O) groups excluding carboxylic acids is 1. The first kappa shape index (κ1) is 11.9. The van der Waals surface area contributed by atoms with E-state index >= 15 is 0 Å². The summed E-state index contributed by atoms with van der Waals surface area (Å²) in [6, 6.07) is 3.33. The average molecular weight is 276 g/mol. The highest BCUT2D eigenvalue weighted by molar-refractivity contribution is 9.11. The molecule has 4 heteroatoms. The van der Waals surface area contributed by atoms with Crippen molar-refractivity contribution in [3.05, 3.63) is 20.8 Å². The number of ketones is 1. The molecule has 1 aromatic rings. The van der Waals surface area contributed by atoms with Gasteiger partial charge in [-0.2, -0.15) is 0 Å². The summed E-state index contributed by atoms with van der Waals surface area (Å²) >= 11 is 4.76. The van der Waals surface area contributed by atoms with E-state index in [2.05, 4.69) is 29.8 Å². The topological polar surface area (TPSA) is 43.1 Å². The Bertz CT molecular complexity index is 322. The SMILES string of the molecule is CC(C)CC(N)C(=O)c1ccc(Br)s1. The van der Waals surface area contributed by atoms with E-state index in [1.165, 1.54) is 11.3 Å². The van der Waals surface area contributed by atoms with Crippen LogP contribution in [0.15, 0.2) is 15.9 Å². The number of hydrogen-bond donors (Lipinski definition) is 1. The van der Waals surface area contributed by atoms with Gasteiger partial charge in [-0.15, -0.1) is 11.3 Å². The monoisotopic (exact) mass is 275 g/mol. The van der Waals surface area contributed by atoms with Gasteiger partial charge in [0.15, 0.2) is 5.78 Å². The molecule has 0 aliphatic heterocycles. The molecule has 0 aromatic carbocycles. The average Bonchev–Trinajstić information content (AvgIpc) is 2.49. The van der Waals surface area contributed by atoms with Crippen molar-refractivity contribution >= 4 is 33.0 Å². The first-order valence-electron chi connectivity index (χ1n) is 4.56. The Hall–Kier alpha value is -0.190. The maximum atomic E-state index is 11.8. The van der Waals surface area contributed by atoms with Gasteiger partial charge in [-0.3, -0.25) is 4.79 Å². The van der Waals surface area contributed by atoms with E-state index in [0.29, 0.717) is 5.92 Å². The zero-order valence-corrected chi connectivity index (χ0v) is 10.7. The van der Waals surface area contributed by atoms with Crippen LogP contribution in [0.2, 0.25) is 0 Å². The summed E-state index contributed by atoms with van der Waals surface area (Å²) in [5.41, 5.74) is 5.80. The Balaban J connectivity index is 2.65. The zero-order valence-electron chi connectivity index (χ0n) is 8.29.